The number of aliphatic carboxylic acids is 1. The van der Waals surface area contributed by atoms with Gasteiger partial charge in [0.05, 0.1) is 0 Å². The fourth-order valence-electron chi connectivity index (χ4n) is 4.56. The van der Waals surface area contributed by atoms with Gasteiger partial charge in [0.15, 0.2) is 0 Å². The van der Waals surface area contributed by atoms with Crippen molar-refractivity contribution in [1.82, 2.24) is 5.32 Å². The van der Waals surface area contributed by atoms with Crippen LogP contribution in [0.15, 0.2) is 66.7 Å². The summed E-state index contributed by atoms with van der Waals surface area (Å²) < 4.78 is 0. The van der Waals surface area contributed by atoms with Crippen LogP contribution in [-0.4, -0.2) is 23.7 Å². The van der Waals surface area contributed by atoms with Crippen LogP contribution < -0.4 is 10.6 Å². The molecule has 4 nitrogen and oxygen atoms in total. The van der Waals surface area contributed by atoms with E-state index in [-0.39, 0.29) is 6.54 Å². The molecule has 1 saturated carbocycles. The molecule has 1 aliphatic carbocycles. The van der Waals surface area contributed by atoms with Crippen LogP contribution in [0.4, 0.5) is 5.69 Å². The predicted molar refractivity (Wildman–Crippen MR) is 118 cm³/mol. The molecule has 3 atom stereocenters. The number of hydrogen-bond acceptors (Lipinski definition) is 3. The summed E-state index contributed by atoms with van der Waals surface area (Å²) in [6, 6.07) is 24.2. The van der Waals surface area contributed by atoms with Gasteiger partial charge in [0.1, 0.15) is 6.54 Å². The molecule has 3 aromatic carbocycles. The molecule has 150 valence electrons. The highest BCUT2D eigenvalue weighted by molar-refractivity contribution is 5.86. The smallest absolute Gasteiger partial charge is 0.322 e. The second kappa shape index (κ2) is 8.66. The molecule has 0 radical (unpaired) electrons. The topological polar surface area (TPSA) is 61.4 Å². The summed E-state index contributed by atoms with van der Waals surface area (Å²) in [5, 5.41) is 18.2. The standard InChI is InChI=1S/C25H28N2O2/c1-17(23-8-4-6-19-5-2-3-7-24(19)23)27-22-14-11-20(15-22)18-9-12-21(13-10-18)26-16-25(28)29/h2-10,12-13,17,20,22,26-27H,11,14-16H2,1H3,(H,28,29)/t17-,20-,22+/m1/s1. The highest BCUT2D eigenvalue weighted by atomic mass is 16.4. The monoisotopic (exact) mass is 388 g/mol. The number of carbonyl (C=O) groups is 1. The van der Waals surface area contributed by atoms with E-state index in [1.165, 1.54) is 34.7 Å². The third-order valence-electron chi connectivity index (χ3n) is 6.03. The minimum atomic E-state index is -0.848. The predicted octanol–water partition coefficient (Wildman–Crippen LogP) is 5.32. The Morgan fingerprint density at radius 2 is 1.79 bits per heavy atom. The first-order valence-corrected chi connectivity index (χ1v) is 10.4. The Labute approximate surface area is 172 Å². The molecular weight excluding hydrogens is 360 g/mol. The maximum absolute atomic E-state index is 10.7. The Morgan fingerprint density at radius 1 is 1.03 bits per heavy atom. The number of carboxylic acid groups (broad SMARTS) is 1. The van der Waals surface area contributed by atoms with Crippen molar-refractivity contribution in [1.29, 1.82) is 0 Å². The molecule has 0 saturated heterocycles. The lowest BCUT2D eigenvalue weighted by Crippen LogP contribution is -2.29. The zero-order chi connectivity index (χ0) is 20.2. The Bertz CT molecular complexity index is 978. The van der Waals surface area contributed by atoms with Crippen LogP contribution in [0.25, 0.3) is 10.8 Å². The molecule has 0 aromatic heterocycles. The normalized spacial score (nSPS) is 19.9. The maximum atomic E-state index is 10.7. The van der Waals surface area contributed by atoms with Crippen molar-refractivity contribution in [3.05, 3.63) is 77.9 Å². The minimum Gasteiger partial charge on any atom is -0.480 e. The molecule has 4 heteroatoms. The molecule has 1 aliphatic rings. The zero-order valence-corrected chi connectivity index (χ0v) is 16.8. The summed E-state index contributed by atoms with van der Waals surface area (Å²) in [6.07, 6.45) is 3.50. The molecule has 0 spiro atoms. The molecule has 0 bridgehead atoms. The van der Waals surface area contributed by atoms with Crippen molar-refractivity contribution >= 4 is 22.4 Å². The van der Waals surface area contributed by atoms with Gasteiger partial charge in [0.25, 0.3) is 0 Å². The van der Waals surface area contributed by atoms with Crippen LogP contribution in [0, 0.1) is 0 Å². The van der Waals surface area contributed by atoms with E-state index >= 15 is 0 Å². The van der Waals surface area contributed by atoms with Gasteiger partial charge in [-0.3, -0.25) is 4.79 Å². The fourth-order valence-corrected chi connectivity index (χ4v) is 4.56. The van der Waals surface area contributed by atoms with Crippen LogP contribution in [0.1, 0.15) is 49.3 Å². The summed E-state index contributed by atoms with van der Waals surface area (Å²) in [4.78, 5) is 10.7. The maximum Gasteiger partial charge on any atom is 0.322 e. The van der Waals surface area contributed by atoms with Crippen molar-refractivity contribution in [3.63, 3.8) is 0 Å². The van der Waals surface area contributed by atoms with E-state index in [0.29, 0.717) is 18.0 Å². The van der Waals surface area contributed by atoms with Gasteiger partial charge in [-0.25, -0.2) is 0 Å². The number of benzene rings is 3. The van der Waals surface area contributed by atoms with Crippen LogP contribution >= 0.6 is 0 Å². The van der Waals surface area contributed by atoms with E-state index < -0.39 is 5.97 Å². The van der Waals surface area contributed by atoms with Crippen LogP contribution in [0.2, 0.25) is 0 Å². The Morgan fingerprint density at radius 3 is 2.59 bits per heavy atom. The second-order valence-electron chi connectivity index (χ2n) is 8.03. The van der Waals surface area contributed by atoms with Gasteiger partial charge in [0.2, 0.25) is 0 Å². The summed E-state index contributed by atoms with van der Waals surface area (Å²) in [6.45, 7) is 2.21. The molecule has 1 fully saturated rings. The van der Waals surface area contributed by atoms with E-state index in [2.05, 4.69) is 72.2 Å². The average Bonchev–Trinajstić information content (AvgIpc) is 3.20. The quantitative estimate of drug-likeness (QED) is 0.512. The molecule has 3 aromatic rings. The summed E-state index contributed by atoms with van der Waals surface area (Å²) >= 11 is 0. The lowest BCUT2D eigenvalue weighted by atomic mass is 9.96. The van der Waals surface area contributed by atoms with E-state index in [9.17, 15) is 4.79 Å². The van der Waals surface area contributed by atoms with Crippen molar-refractivity contribution in [2.24, 2.45) is 0 Å². The first-order chi connectivity index (χ1) is 14.1. The largest absolute Gasteiger partial charge is 0.480 e. The van der Waals surface area contributed by atoms with Crippen molar-refractivity contribution in [3.8, 4) is 0 Å². The first-order valence-electron chi connectivity index (χ1n) is 10.4. The number of nitrogens with one attached hydrogen (secondary N) is 2. The Balaban J connectivity index is 1.38. The lowest BCUT2D eigenvalue weighted by Gasteiger charge is -2.21. The SMILES string of the molecule is C[C@@H](N[C@H]1CC[C@@H](c2ccc(NCC(=O)O)cc2)C1)c1cccc2ccccc12. The highest BCUT2D eigenvalue weighted by Gasteiger charge is 2.27. The van der Waals surface area contributed by atoms with Gasteiger partial charge >= 0.3 is 5.97 Å². The second-order valence-corrected chi connectivity index (χ2v) is 8.03. The molecular formula is C25H28N2O2. The number of rotatable bonds is 7. The van der Waals surface area contributed by atoms with Crippen LogP contribution in [0.5, 0.6) is 0 Å². The molecule has 0 unspecified atom stereocenters. The number of fused-ring (bicyclic) bond motifs is 1. The molecule has 0 heterocycles. The highest BCUT2D eigenvalue weighted by Crippen LogP contribution is 2.36. The van der Waals surface area contributed by atoms with Crippen LogP contribution in [0.3, 0.4) is 0 Å². The van der Waals surface area contributed by atoms with Gasteiger partial charge < -0.3 is 15.7 Å². The lowest BCUT2D eigenvalue weighted by molar-refractivity contribution is -0.134. The molecule has 3 N–H and O–H groups in total. The van der Waals surface area contributed by atoms with E-state index in [1.807, 2.05) is 12.1 Å². The van der Waals surface area contributed by atoms with Crippen molar-refractivity contribution in [2.75, 3.05) is 11.9 Å². The van der Waals surface area contributed by atoms with E-state index in [0.717, 1.165) is 12.1 Å². The molecule has 0 aliphatic heterocycles. The van der Waals surface area contributed by atoms with Crippen molar-refractivity contribution in [2.45, 2.75) is 44.2 Å². The third-order valence-corrected chi connectivity index (χ3v) is 6.03. The first kappa shape index (κ1) is 19.5. The van der Waals surface area contributed by atoms with Crippen molar-refractivity contribution < 1.29 is 9.90 Å². The van der Waals surface area contributed by atoms with Gasteiger partial charge in [-0.05, 0) is 66.1 Å². The molecule has 29 heavy (non-hydrogen) atoms. The molecule has 4 rings (SSSR count). The van der Waals surface area contributed by atoms with E-state index in [1.54, 1.807) is 0 Å². The van der Waals surface area contributed by atoms with Gasteiger partial charge in [0, 0.05) is 17.8 Å². The minimum absolute atomic E-state index is 0.0547. The van der Waals surface area contributed by atoms with Gasteiger partial charge in [-0.1, -0.05) is 54.6 Å². The van der Waals surface area contributed by atoms with Gasteiger partial charge in [-0.2, -0.15) is 0 Å². The summed E-state index contributed by atoms with van der Waals surface area (Å²) in [5.41, 5.74) is 3.56. The molecule has 0 amide bonds. The number of anilines is 1. The number of carboxylic acids is 1. The fraction of sp³-hybridized carbons (Fsp3) is 0.320. The van der Waals surface area contributed by atoms with Gasteiger partial charge in [-0.15, -0.1) is 0 Å². The van der Waals surface area contributed by atoms with E-state index in [4.69, 9.17) is 5.11 Å². The summed E-state index contributed by atoms with van der Waals surface area (Å²) in [7, 11) is 0. The zero-order valence-electron chi connectivity index (χ0n) is 16.8. The number of hydrogen-bond donors (Lipinski definition) is 3. The Hall–Kier alpha value is -2.85. The summed E-state index contributed by atoms with van der Waals surface area (Å²) in [5.74, 6) is -0.292. The Kier molecular flexibility index (Phi) is 5.81. The third kappa shape index (κ3) is 4.60. The van der Waals surface area contributed by atoms with Crippen LogP contribution in [-0.2, 0) is 4.79 Å². The average molecular weight is 389 g/mol.